The molecule has 5 heteroatoms. The minimum Gasteiger partial charge on any atom is -0.352 e. The molecule has 0 aliphatic carbocycles. The van der Waals surface area contributed by atoms with Gasteiger partial charge in [-0.3, -0.25) is 14.6 Å². The lowest BCUT2D eigenvalue weighted by Gasteiger charge is -2.09. The van der Waals surface area contributed by atoms with Crippen molar-refractivity contribution in [3.05, 3.63) is 59.4 Å². The molecule has 0 saturated heterocycles. The van der Waals surface area contributed by atoms with E-state index in [9.17, 15) is 9.59 Å². The summed E-state index contributed by atoms with van der Waals surface area (Å²) < 4.78 is 0. The lowest BCUT2D eigenvalue weighted by molar-refractivity contribution is 0.0952. The zero-order valence-corrected chi connectivity index (χ0v) is 15.0. The van der Waals surface area contributed by atoms with Crippen LogP contribution in [0.2, 0.25) is 0 Å². The number of hydrogen-bond donors (Lipinski definition) is 2. The van der Waals surface area contributed by atoms with Gasteiger partial charge >= 0.3 is 0 Å². The molecule has 25 heavy (non-hydrogen) atoms. The Morgan fingerprint density at radius 2 is 1.80 bits per heavy atom. The Bertz CT molecular complexity index is 724. The third-order valence-electron chi connectivity index (χ3n) is 3.88. The van der Waals surface area contributed by atoms with Gasteiger partial charge in [-0.15, -0.1) is 0 Å². The molecule has 0 saturated carbocycles. The molecule has 132 valence electrons. The summed E-state index contributed by atoms with van der Waals surface area (Å²) in [5.74, 6) is 0.00338. The van der Waals surface area contributed by atoms with Crippen LogP contribution in [-0.2, 0) is 6.42 Å². The molecule has 1 aromatic heterocycles. The van der Waals surface area contributed by atoms with Crippen molar-refractivity contribution in [2.24, 2.45) is 5.92 Å². The lowest BCUT2D eigenvalue weighted by Crippen LogP contribution is -2.26. The molecule has 0 spiro atoms. The Kier molecular flexibility index (Phi) is 6.69. The van der Waals surface area contributed by atoms with E-state index in [0.29, 0.717) is 23.7 Å². The second-order valence-corrected chi connectivity index (χ2v) is 6.37. The molecule has 2 amide bonds. The van der Waals surface area contributed by atoms with Crippen molar-refractivity contribution in [2.45, 2.75) is 33.6 Å². The molecule has 5 nitrogen and oxygen atoms in total. The summed E-state index contributed by atoms with van der Waals surface area (Å²) in [7, 11) is 0. The van der Waals surface area contributed by atoms with Crippen molar-refractivity contribution in [2.75, 3.05) is 11.9 Å². The first kappa shape index (κ1) is 18.6. The molecule has 0 fully saturated rings. The van der Waals surface area contributed by atoms with Crippen molar-refractivity contribution in [1.82, 2.24) is 10.3 Å². The number of nitrogens with zero attached hydrogens (tertiary/aromatic N) is 1. The molecule has 2 N–H and O–H groups in total. The first-order valence-electron chi connectivity index (χ1n) is 8.64. The van der Waals surface area contributed by atoms with E-state index >= 15 is 0 Å². The third kappa shape index (κ3) is 5.71. The van der Waals surface area contributed by atoms with Gasteiger partial charge in [0.1, 0.15) is 5.69 Å². The van der Waals surface area contributed by atoms with E-state index in [0.717, 1.165) is 12.8 Å². The van der Waals surface area contributed by atoms with Crippen LogP contribution in [0.1, 0.15) is 53.6 Å². The molecule has 0 bridgehead atoms. The maximum absolute atomic E-state index is 12.3. The quantitative estimate of drug-likeness (QED) is 0.808. The Labute approximate surface area is 148 Å². The SMILES string of the molecule is CCc1ccc(NC(=O)c2cc(C(=O)NCCC(C)C)ccn2)cc1. The monoisotopic (exact) mass is 339 g/mol. The van der Waals surface area contributed by atoms with Crippen molar-refractivity contribution in [3.8, 4) is 0 Å². The summed E-state index contributed by atoms with van der Waals surface area (Å²) in [6.07, 6.45) is 3.34. The van der Waals surface area contributed by atoms with Gasteiger partial charge in [-0.25, -0.2) is 0 Å². The average Bonchev–Trinajstić information content (AvgIpc) is 2.62. The summed E-state index contributed by atoms with van der Waals surface area (Å²) in [5.41, 5.74) is 2.56. The Hall–Kier alpha value is -2.69. The van der Waals surface area contributed by atoms with Crippen LogP contribution in [0, 0.1) is 5.92 Å². The van der Waals surface area contributed by atoms with E-state index < -0.39 is 0 Å². The maximum atomic E-state index is 12.3. The lowest BCUT2D eigenvalue weighted by atomic mass is 10.1. The molecule has 1 aromatic carbocycles. The van der Waals surface area contributed by atoms with Gasteiger partial charge in [0.15, 0.2) is 0 Å². The van der Waals surface area contributed by atoms with Gasteiger partial charge in [0.2, 0.25) is 0 Å². The van der Waals surface area contributed by atoms with E-state index in [-0.39, 0.29) is 17.5 Å². The molecule has 0 unspecified atom stereocenters. The Balaban J connectivity index is 2.01. The van der Waals surface area contributed by atoms with Crippen LogP contribution in [0.4, 0.5) is 5.69 Å². The fraction of sp³-hybridized carbons (Fsp3) is 0.350. The van der Waals surface area contributed by atoms with Gasteiger partial charge in [0.25, 0.3) is 11.8 Å². The van der Waals surface area contributed by atoms with Crippen LogP contribution in [0.25, 0.3) is 0 Å². The molecule has 0 aliphatic rings. The van der Waals surface area contributed by atoms with Crippen molar-refractivity contribution in [3.63, 3.8) is 0 Å². The van der Waals surface area contributed by atoms with Crippen LogP contribution in [0.5, 0.6) is 0 Å². The number of benzene rings is 1. The van der Waals surface area contributed by atoms with Gasteiger partial charge in [-0.05, 0) is 48.6 Å². The third-order valence-corrected chi connectivity index (χ3v) is 3.88. The van der Waals surface area contributed by atoms with E-state index in [1.807, 2.05) is 24.3 Å². The zero-order valence-electron chi connectivity index (χ0n) is 15.0. The van der Waals surface area contributed by atoms with Gasteiger partial charge in [0, 0.05) is 24.0 Å². The number of nitrogens with one attached hydrogen (secondary N) is 2. The normalized spacial score (nSPS) is 10.6. The summed E-state index contributed by atoms with van der Waals surface area (Å²) in [6.45, 7) is 6.90. The highest BCUT2D eigenvalue weighted by molar-refractivity contribution is 6.04. The highest BCUT2D eigenvalue weighted by Crippen LogP contribution is 2.12. The van der Waals surface area contributed by atoms with Crippen molar-refractivity contribution >= 4 is 17.5 Å². The zero-order chi connectivity index (χ0) is 18.2. The molecule has 0 aliphatic heterocycles. The summed E-state index contributed by atoms with van der Waals surface area (Å²) in [4.78, 5) is 28.6. The minimum absolute atomic E-state index is 0.190. The fourth-order valence-electron chi connectivity index (χ4n) is 2.29. The van der Waals surface area contributed by atoms with Gasteiger partial charge in [-0.1, -0.05) is 32.9 Å². The molecular weight excluding hydrogens is 314 g/mol. The van der Waals surface area contributed by atoms with Gasteiger partial charge in [0.05, 0.1) is 0 Å². The number of carbonyl (C=O) groups is 2. The Morgan fingerprint density at radius 1 is 1.08 bits per heavy atom. The predicted molar refractivity (Wildman–Crippen MR) is 99.8 cm³/mol. The topological polar surface area (TPSA) is 71.1 Å². The second kappa shape index (κ2) is 8.97. The van der Waals surface area contributed by atoms with Crippen LogP contribution in [0.3, 0.4) is 0 Å². The summed E-state index contributed by atoms with van der Waals surface area (Å²) >= 11 is 0. The summed E-state index contributed by atoms with van der Waals surface area (Å²) in [6, 6.07) is 10.8. The highest BCUT2D eigenvalue weighted by Gasteiger charge is 2.12. The maximum Gasteiger partial charge on any atom is 0.274 e. The predicted octanol–water partition coefficient (Wildman–Crippen LogP) is 3.67. The number of rotatable bonds is 7. The average molecular weight is 339 g/mol. The van der Waals surface area contributed by atoms with Crippen molar-refractivity contribution < 1.29 is 9.59 Å². The Morgan fingerprint density at radius 3 is 2.44 bits per heavy atom. The van der Waals surface area contributed by atoms with E-state index in [2.05, 4.69) is 36.4 Å². The molecular formula is C20H25N3O2. The summed E-state index contributed by atoms with van der Waals surface area (Å²) in [5, 5.41) is 5.66. The van der Waals surface area contributed by atoms with Crippen LogP contribution in [-0.4, -0.2) is 23.3 Å². The largest absolute Gasteiger partial charge is 0.352 e. The van der Waals surface area contributed by atoms with E-state index in [1.54, 1.807) is 6.07 Å². The first-order chi connectivity index (χ1) is 12.0. The van der Waals surface area contributed by atoms with E-state index in [4.69, 9.17) is 0 Å². The molecule has 2 rings (SSSR count). The van der Waals surface area contributed by atoms with Gasteiger partial charge < -0.3 is 10.6 Å². The number of amides is 2. The first-order valence-corrected chi connectivity index (χ1v) is 8.64. The minimum atomic E-state index is -0.332. The standard InChI is InChI=1S/C20H25N3O2/c1-4-15-5-7-17(8-6-15)23-20(25)18-13-16(10-12-21-18)19(24)22-11-9-14(2)3/h5-8,10,12-14H,4,9,11H2,1-3H3,(H,22,24)(H,23,25). The molecule has 2 aromatic rings. The number of carbonyl (C=O) groups excluding carboxylic acids is 2. The molecule has 0 radical (unpaired) electrons. The van der Waals surface area contributed by atoms with E-state index in [1.165, 1.54) is 17.8 Å². The van der Waals surface area contributed by atoms with Crippen LogP contribution in [0.15, 0.2) is 42.6 Å². The number of pyridine rings is 1. The number of hydrogen-bond acceptors (Lipinski definition) is 3. The number of aromatic nitrogens is 1. The molecule has 0 atom stereocenters. The van der Waals surface area contributed by atoms with Crippen LogP contribution >= 0.6 is 0 Å². The van der Waals surface area contributed by atoms with Crippen LogP contribution < -0.4 is 10.6 Å². The highest BCUT2D eigenvalue weighted by atomic mass is 16.2. The number of aryl methyl sites for hydroxylation is 1. The molecule has 1 heterocycles. The second-order valence-electron chi connectivity index (χ2n) is 6.37. The van der Waals surface area contributed by atoms with Gasteiger partial charge in [-0.2, -0.15) is 0 Å². The number of anilines is 1. The smallest absolute Gasteiger partial charge is 0.274 e. The fourth-order valence-corrected chi connectivity index (χ4v) is 2.29. The van der Waals surface area contributed by atoms with Crippen molar-refractivity contribution in [1.29, 1.82) is 0 Å².